The minimum atomic E-state index is -0.478. The van der Waals surface area contributed by atoms with E-state index in [0.717, 1.165) is 12.0 Å². The highest BCUT2D eigenvalue weighted by atomic mass is 35.5. The number of carbonyl (C=O) groups is 1. The van der Waals surface area contributed by atoms with Gasteiger partial charge in [0.05, 0.1) is 0 Å². The molecule has 1 amide bonds. The maximum absolute atomic E-state index is 11.6. The lowest BCUT2D eigenvalue weighted by atomic mass is 10.1. The second kappa shape index (κ2) is 5.22. The summed E-state index contributed by atoms with van der Waals surface area (Å²) in [6.07, 6.45) is 0.503. The summed E-state index contributed by atoms with van der Waals surface area (Å²) in [6.45, 7) is 5.52. The summed E-state index contributed by atoms with van der Waals surface area (Å²) in [5.74, 6) is 0.267. The standard InChI is InChI=1S/C14H17Cl2NO2/c1-14(2,3)19-13(18)17-12-7-11(12)8-4-9(15)6-10(16)5-8/h4-6,11-12H,7H2,1-3H3,(H,17,18)/t11-,12+/m0/s1. The van der Waals surface area contributed by atoms with Gasteiger partial charge in [-0.05, 0) is 51.0 Å². The van der Waals surface area contributed by atoms with E-state index >= 15 is 0 Å². The minimum absolute atomic E-state index is 0.101. The van der Waals surface area contributed by atoms with E-state index in [0.29, 0.717) is 10.0 Å². The van der Waals surface area contributed by atoms with E-state index < -0.39 is 5.60 Å². The average Bonchev–Trinajstić information content (AvgIpc) is 2.92. The molecule has 104 valence electrons. The summed E-state index contributed by atoms with van der Waals surface area (Å²) < 4.78 is 5.22. The van der Waals surface area contributed by atoms with Crippen LogP contribution in [0.15, 0.2) is 18.2 Å². The smallest absolute Gasteiger partial charge is 0.407 e. The Labute approximate surface area is 123 Å². The third kappa shape index (κ3) is 4.29. The zero-order valence-electron chi connectivity index (χ0n) is 11.2. The van der Waals surface area contributed by atoms with Gasteiger partial charge in [0, 0.05) is 22.0 Å². The predicted octanol–water partition coefficient (Wildman–Crippen LogP) is 4.37. The summed E-state index contributed by atoms with van der Waals surface area (Å²) in [4.78, 5) is 11.6. The molecule has 0 aliphatic heterocycles. The van der Waals surface area contributed by atoms with Crippen LogP contribution in [0.2, 0.25) is 10.0 Å². The monoisotopic (exact) mass is 301 g/mol. The van der Waals surface area contributed by atoms with Crippen LogP contribution in [-0.4, -0.2) is 17.7 Å². The Balaban J connectivity index is 1.92. The number of carbonyl (C=O) groups excluding carboxylic acids is 1. The number of halogens is 2. The predicted molar refractivity (Wildman–Crippen MR) is 77.0 cm³/mol. The zero-order valence-corrected chi connectivity index (χ0v) is 12.7. The van der Waals surface area contributed by atoms with Crippen molar-refractivity contribution in [3.63, 3.8) is 0 Å². The molecule has 2 rings (SSSR count). The number of amides is 1. The van der Waals surface area contributed by atoms with Gasteiger partial charge in [-0.2, -0.15) is 0 Å². The number of rotatable bonds is 2. The van der Waals surface area contributed by atoms with Crippen molar-refractivity contribution in [1.29, 1.82) is 0 Å². The molecule has 0 aromatic heterocycles. The molecule has 0 spiro atoms. The SMILES string of the molecule is CC(C)(C)OC(=O)N[C@@H]1C[C@H]1c1cc(Cl)cc(Cl)c1. The van der Waals surface area contributed by atoms with Crippen molar-refractivity contribution < 1.29 is 9.53 Å². The van der Waals surface area contributed by atoms with E-state index in [1.807, 2.05) is 32.9 Å². The van der Waals surface area contributed by atoms with Gasteiger partial charge in [-0.3, -0.25) is 0 Å². The molecule has 1 aromatic carbocycles. The molecule has 1 aliphatic carbocycles. The van der Waals surface area contributed by atoms with Crippen molar-refractivity contribution in [3.05, 3.63) is 33.8 Å². The summed E-state index contributed by atoms with van der Waals surface area (Å²) in [5, 5.41) is 4.08. The summed E-state index contributed by atoms with van der Waals surface area (Å²) in [6, 6.07) is 5.57. The van der Waals surface area contributed by atoms with Crippen LogP contribution in [0.5, 0.6) is 0 Å². The second-order valence-electron chi connectivity index (χ2n) is 5.80. The molecule has 2 atom stereocenters. The lowest BCUT2D eigenvalue weighted by molar-refractivity contribution is 0.0523. The Morgan fingerprint density at radius 2 is 1.84 bits per heavy atom. The van der Waals surface area contributed by atoms with E-state index in [2.05, 4.69) is 5.32 Å². The fourth-order valence-electron chi connectivity index (χ4n) is 1.97. The number of ether oxygens (including phenoxy) is 1. The third-order valence-electron chi connectivity index (χ3n) is 2.81. The zero-order chi connectivity index (χ0) is 14.2. The minimum Gasteiger partial charge on any atom is -0.444 e. The maximum Gasteiger partial charge on any atom is 0.407 e. The Morgan fingerprint density at radius 1 is 1.26 bits per heavy atom. The molecule has 5 heteroatoms. The molecule has 3 nitrogen and oxygen atoms in total. The Kier molecular flexibility index (Phi) is 3.98. The summed E-state index contributed by atoms with van der Waals surface area (Å²) in [5.41, 5.74) is 0.576. The molecule has 0 saturated heterocycles. The molecular weight excluding hydrogens is 285 g/mol. The van der Waals surface area contributed by atoms with Gasteiger partial charge in [-0.15, -0.1) is 0 Å². The van der Waals surface area contributed by atoms with Gasteiger partial charge in [0.2, 0.25) is 0 Å². The van der Waals surface area contributed by atoms with E-state index in [4.69, 9.17) is 27.9 Å². The fraction of sp³-hybridized carbons (Fsp3) is 0.500. The fourth-order valence-corrected chi connectivity index (χ4v) is 2.51. The first-order valence-corrected chi connectivity index (χ1v) is 6.96. The number of alkyl carbamates (subject to hydrolysis) is 1. The van der Waals surface area contributed by atoms with E-state index in [1.165, 1.54) is 0 Å². The van der Waals surface area contributed by atoms with E-state index in [9.17, 15) is 4.79 Å². The van der Waals surface area contributed by atoms with Crippen molar-refractivity contribution in [3.8, 4) is 0 Å². The molecule has 0 unspecified atom stereocenters. The largest absolute Gasteiger partial charge is 0.444 e. The summed E-state index contributed by atoms with van der Waals surface area (Å²) >= 11 is 11.9. The van der Waals surface area contributed by atoms with Crippen LogP contribution < -0.4 is 5.32 Å². The van der Waals surface area contributed by atoms with Crippen molar-refractivity contribution in [2.24, 2.45) is 0 Å². The summed E-state index contributed by atoms with van der Waals surface area (Å²) in [7, 11) is 0. The molecule has 1 N–H and O–H groups in total. The van der Waals surface area contributed by atoms with Gasteiger partial charge in [-0.25, -0.2) is 4.79 Å². The highest BCUT2D eigenvalue weighted by Gasteiger charge is 2.40. The van der Waals surface area contributed by atoms with Gasteiger partial charge < -0.3 is 10.1 Å². The third-order valence-corrected chi connectivity index (χ3v) is 3.24. The molecule has 1 saturated carbocycles. The van der Waals surface area contributed by atoms with Crippen molar-refractivity contribution in [2.45, 2.75) is 44.8 Å². The maximum atomic E-state index is 11.6. The molecule has 0 heterocycles. The van der Waals surface area contributed by atoms with E-state index in [-0.39, 0.29) is 18.1 Å². The lowest BCUT2D eigenvalue weighted by Gasteiger charge is -2.19. The van der Waals surface area contributed by atoms with Crippen LogP contribution in [0.1, 0.15) is 38.7 Å². The van der Waals surface area contributed by atoms with E-state index in [1.54, 1.807) is 6.07 Å². The number of hydrogen-bond acceptors (Lipinski definition) is 2. The molecule has 1 fully saturated rings. The Bertz CT molecular complexity index is 476. The molecule has 0 bridgehead atoms. The number of hydrogen-bond donors (Lipinski definition) is 1. The van der Waals surface area contributed by atoms with Gasteiger partial charge in [0.1, 0.15) is 5.60 Å². The first-order valence-electron chi connectivity index (χ1n) is 6.20. The average molecular weight is 302 g/mol. The van der Waals surface area contributed by atoms with Crippen LogP contribution in [0.4, 0.5) is 4.79 Å². The molecule has 1 aliphatic rings. The molecule has 1 aromatic rings. The highest BCUT2D eigenvalue weighted by Crippen LogP contribution is 2.42. The quantitative estimate of drug-likeness (QED) is 0.880. The van der Waals surface area contributed by atoms with Gasteiger partial charge in [0.15, 0.2) is 0 Å². The van der Waals surface area contributed by atoms with Crippen LogP contribution in [0.25, 0.3) is 0 Å². The van der Waals surface area contributed by atoms with Crippen molar-refractivity contribution >= 4 is 29.3 Å². The second-order valence-corrected chi connectivity index (χ2v) is 6.67. The first kappa shape index (κ1) is 14.5. The molecule has 19 heavy (non-hydrogen) atoms. The van der Waals surface area contributed by atoms with Crippen molar-refractivity contribution in [1.82, 2.24) is 5.32 Å². The molecular formula is C14H17Cl2NO2. The van der Waals surface area contributed by atoms with Crippen LogP contribution >= 0.6 is 23.2 Å². The number of nitrogens with one attached hydrogen (secondary N) is 1. The van der Waals surface area contributed by atoms with Gasteiger partial charge in [0.25, 0.3) is 0 Å². The Morgan fingerprint density at radius 3 is 2.37 bits per heavy atom. The van der Waals surface area contributed by atoms with Crippen LogP contribution in [0, 0.1) is 0 Å². The van der Waals surface area contributed by atoms with Gasteiger partial charge in [-0.1, -0.05) is 23.2 Å². The molecule has 0 radical (unpaired) electrons. The number of benzene rings is 1. The topological polar surface area (TPSA) is 38.3 Å². The van der Waals surface area contributed by atoms with Crippen LogP contribution in [-0.2, 0) is 4.74 Å². The highest BCUT2D eigenvalue weighted by molar-refractivity contribution is 6.34. The van der Waals surface area contributed by atoms with Gasteiger partial charge >= 0.3 is 6.09 Å². The first-order chi connectivity index (χ1) is 8.74. The van der Waals surface area contributed by atoms with Crippen molar-refractivity contribution in [2.75, 3.05) is 0 Å². The normalized spacial score (nSPS) is 21.9. The van der Waals surface area contributed by atoms with Crippen LogP contribution in [0.3, 0.4) is 0 Å². The lowest BCUT2D eigenvalue weighted by Crippen LogP contribution is -2.34. The Hall–Kier alpha value is -0.930.